The molecule has 0 unspecified atom stereocenters. The first kappa shape index (κ1) is 14.5. The summed E-state index contributed by atoms with van der Waals surface area (Å²) in [4.78, 5) is 2.89. The molecule has 100 valence electrons. The molecule has 0 amide bonds. The van der Waals surface area contributed by atoms with E-state index in [9.17, 15) is 8.42 Å². The van der Waals surface area contributed by atoms with Gasteiger partial charge < -0.3 is 0 Å². The van der Waals surface area contributed by atoms with Crippen LogP contribution in [0.1, 0.15) is 19.3 Å². The van der Waals surface area contributed by atoms with Gasteiger partial charge in [0.1, 0.15) is 0 Å². The van der Waals surface area contributed by atoms with E-state index in [0.717, 1.165) is 30.4 Å². The predicted octanol–water partition coefficient (Wildman–Crippen LogP) is 2.89. The summed E-state index contributed by atoms with van der Waals surface area (Å²) in [6.07, 6.45) is 3.23. The number of nitrogens with zero attached hydrogens (tertiary/aromatic N) is 1. The molecule has 0 atom stereocenters. The Morgan fingerprint density at radius 1 is 1.11 bits per heavy atom. The second-order valence-corrected chi connectivity index (χ2v) is 7.62. The maximum atomic E-state index is 12.2. The Kier molecular flexibility index (Phi) is 4.82. The molecule has 1 aliphatic rings. The molecule has 2 rings (SSSR count). The SMILES string of the molecule is O=S(=O)(NN1CCCCC1)c1ccc(Br)cc1Br. The zero-order valence-electron chi connectivity index (χ0n) is 9.70. The minimum absolute atomic E-state index is 0.260. The second kappa shape index (κ2) is 6.00. The lowest BCUT2D eigenvalue weighted by Crippen LogP contribution is -2.44. The fourth-order valence-electron chi connectivity index (χ4n) is 1.90. The minimum Gasteiger partial charge on any atom is -0.230 e. The van der Waals surface area contributed by atoms with E-state index < -0.39 is 10.0 Å². The standard InChI is InChI=1S/C11H14Br2N2O2S/c12-9-4-5-11(10(13)8-9)18(16,17)14-15-6-2-1-3-7-15/h4-5,8,14H,1-3,6-7H2. The summed E-state index contributed by atoms with van der Waals surface area (Å²) in [7, 11) is -3.50. The maximum Gasteiger partial charge on any atom is 0.254 e. The molecule has 1 N–H and O–H groups in total. The third-order valence-corrected chi connectivity index (χ3v) is 5.63. The van der Waals surface area contributed by atoms with Crippen molar-refractivity contribution >= 4 is 41.9 Å². The molecule has 1 heterocycles. The quantitative estimate of drug-likeness (QED) is 0.852. The van der Waals surface area contributed by atoms with Crippen LogP contribution in [0.5, 0.6) is 0 Å². The van der Waals surface area contributed by atoms with Gasteiger partial charge >= 0.3 is 0 Å². The summed E-state index contributed by atoms with van der Waals surface area (Å²) in [5, 5.41) is 1.77. The molecule has 0 spiro atoms. The molecule has 0 radical (unpaired) electrons. The summed E-state index contributed by atoms with van der Waals surface area (Å²) in [5.74, 6) is 0. The maximum absolute atomic E-state index is 12.2. The number of rotatable bonds is 3. The number of hydrogen-bond acceptors (Lipinski definition) is 3. The van der Waals surface area contributed by atoms with Crippen LogP contribution in [0.4, 0.5) is 0 Å². The van der Waals surface area contributed by atoms with Gasteiger partial charge in [0.05, 0.1) is 4.90 Å². The number of halogens is 2. The zero-order chi connectivity index (χ0) is 13.2. The highest BCUT2D eigenvalue weighted by Crippen LogP contribution is 2.25. The van der Waals surface area contributed by atoms with Crippen LogP contribution in [-0.4, -0.2) is 26.5 Å². The summed E-state index contributed by atoms with van der Waals surface area (Å²) >= 11 is 6.59. The van der Waals surface area contributed by atoms with Crippen molar-refractivity contribution in [1.82, 2.24) is 9.84 Å². The van der Waals surface area contributed by atoms with Crippen molar-refractivity contribution in [3.8, 4) is 0 Å². The van der Waals surface area contributed by atoms with Gasteiger partial charge in [0.2, 0.25) is 0 Å². The lowest BCUT2D eigenvalue weighted by atomic mass is 10.2. The average Bonchev–Trinajstić information content (AvgIpc) is 2.29. The Morgan fingerprint density at radius 2 is 1.78 bits per heavy atom. The smallest absolute Gasteiger partial charge is 0.230 e. The van der Waals surface area contributed by atoms with Gasteiger partial charge in [0.25, 0.3) is 10.0 Å². The van der Waals surface area contributed by atoms with E-state index in [2.05, 4.69) is 36.7 Å². The first-order valence-corrected chi connectivity index (χ1v) is 8.78. The number of sulfonamides is 1. The number of hydrazine groups is 1. The largest absolute Gasteiger partial charge is 0.254 e. The average molecular weight is 398 g/mol. The summed E-state index contributed by atoms with van der Waals surface area (Å²) in [5.41, 5.74) is 0. The van der Waals surface area contributed by atoms with E-state index in [1.165, 1.54) is 6.42 Å². The lowest BCUT2D eigenvalue weighted by molar-refractivity contribution is 0.200. The number of benzene rings is 1. The molecule has 0 bridgehead atoms. The van der Waals surface area contributed by atoms with Gasteiger partial charge in [-0.05, 0) is 47.0 Å². The fraction of sp³-hybridized carbons (Fsp3) is 0.455. The van der Waals surface area contributed by atoms with Crippen molar-refractivity contribution < 1.29 is 8.42 Å². The molecular formula is C11H14Br2N2O2S. The van der Waals surface area contributed by atoms with Crippen LogP contribution < -0.4 is 4.83 Å². The van der Waals surface area contributed by atoms with E-state index in [1.54, 1.807) is 23.2 Å². The van der Waals surface area contributed by atoms with Crippen molar-refractivity contribution in [3.63, 3.8) is 0 Å². The third kappa shape index (κ3) is 3.54. The summed E-state index contributed by atoms with van der Waals surface area (Å²) < 4.78 is 25.9. The molecule has 1 aromatic rings. The molecule has 1 saturated heterocycles. The van der Waals surface area contributed by atoms with Gasteiger partial charge in [-0.1, -0.05) is 22.4 Å². The van der Waals surface area contributed by atoms with Crippen LogP contribution in [0.2, 0.25) is 0 Å². The first-order valence-electron chi connectivity index (χ1n) is 5.71. The summed E-state index contributed by atoms with van der Waals surface area (Å²) in [6, 6.07) is 5.03. The van der Waals surface area contributed by atoms with Crippen LogP contribution >= 0.6 is 31.9 Å². The Bertz CT molecular complexity index is 528. The van der Waals surface area contributed by atoms with Crippen LogP contribution in [0.25, 0.3) is 0 Å². The highest BCUT2D eigenvalue weighted by atomic mass is 79.9. The lowest BCUT2D eigenvalue weighted by Gasteiger charge is -2.26. The first-order chi connectivity index (χ1) is 8.49. The molecule has 0 aromatic heterocycles. The van der Waals surface area contributed by atoms with Crippen molar-refractivity contribution in [3.05, 3.63) is 27.1 Å². The Balaban J connectivity index is 2.19. The molecule has 4 nitrogen and oxygen atoms in total. The van der Waals surface area contributed by atoms with Crippen LogP contribution in [-0.2, 0) is 10.0 Å². The van der Waals surface area contributed by atoms with E-state index >= 15 is 0 Å². The Hall–Kier alpha value is 0.0500. The number of piperidine rings is 1. The van der Waals surface area contributed by atoms with Crippen molar-refractivity contribution in [2.24, 2.45) is 0 Å². The third-order valence-electron chi connectivity index (χ3n) is 2.79. The molecule has 18 heavy (non-hydrogen) atoms. The highest BCUT2D eigenvalue weighted by molar-refractivity contribution is 9.11. The predicted molar refractivity (Wildman–Crippen MR) is 77.6 cm³/mol. The molecule has 0 saturated carbocycles. The van der Waals surface area contributed by atoms with Gasteiger partial charge in [-0.25, -0.2) is 13.4 Å². The van der Waals surface area contributed by atoms with Crippen molar-refractivity contribution in [2.75, 3.05) is 13.1 Å². The minimum atomic E-state index is -3.50. The van der Waals surface area contributed by atoms with E-state index in [0.29, 0.717) is 4.47 Å². The number of nitrogens with one attached hydrogen (secondary N) is 1. The number of hydrogen-bond donors (Lipinski definition) is 1. The van der Waals surface area contributed by atoms with E-state index in [4.69, 9.17) is 0 Å². The molecule has 1 aromatic carbocycles. The topological polar surface area (TPSA) is 49.4 Å². The molecule has 7 heteroatoms. The van der Waals surface area contributed by atoms with Gasteiger partial charge in [-0.15, -0.1) is 4.83 Å². The van der Waals surface area contributed by atoms with Crippen molar-refractivity contribution in [2.45, 2.75) is 24.2 Å². The molecule has 1 fully saturated rings. The normalized spacial score (nSPS) is 17.9. The zero-order valence-corrected chi connectivity index (χ0v) is 13.7. The van der Waals surface area contributed by atoms with E-state index in [1.807, 2.05) is 0 Å². The fourth-order valence-corrected chi connectivity index (χ4v) is 4.77. The van der Waals surface area contributed by atoms with Gasteiger partial charge in [0.15, 0.2) is 0 Å². The molecule has 0 aliphatic carbocycles. The van der Waals surface area contributed by atoms with Gasteiger partial charge in [0, 0.05) is 22.0 Å². The van der Waals surface area contributed by atoms with Crippen LogP contribution in [0, 0.1) is 0 Å². The van der Waals surface area contributed by atoms with Crippen LogP contribution in [0.3, 0.4) is 0 Å². The monoisotopic (exact) mass is 396 g/mol. The highest BCUT2D eigenvalue weighted by Gasteiger charge is 2.22. The van der Waals surface area contributed by atoms with Gasteiger partial charge in [-0.2, -0.15) is 0 Å². The Morgan fingerprint density at radius 3 is 2.39 bits per heavy atom. The van der Waals surface area contributed by atoms with Gasteiger partial charge in [-0.3, -0.25) is 0 Å². The van der Waals surface area contributed by atoms with E-state index in [-0.39, 0.29) is 4.90 Å². The second-order valence-electron chi connectivity index (χ2n) is 4.22. The molecule has 1 aliphatic heterocycles. The van der Waals surface area contributed by atoms with Crippen LogP contribution in [0.15, 0.2) is 32.0 Å². The van der Waals surface area contributed by atoms with Crippen molar-refractivity contribution in [1.29, 1.82) is 0 Å². The molecular weight excluding hydrogens is 384 g/mol. The Labute approximate surface area is 124 Å². The summed E-state index contributed by atoms with van der Waals surface area (Å²) in [6.45, 7) is 1.54.